The SMILES string of the molecule is Cc1cc(C(=O)c2ccccc2Cl)c(N=CC[N+](=O)[O-])s1. The Kier molecular flexibility index (Phi) is 4.82. The second-order valence-electron chi connectivity index (χ2n) is 4.21. The summed E-state index contributed by atoms with van der Waals surface area (Å²) < 4.78 is 0. The fourth-order valence-electron chi connectivity index (χ4n) is 1.74. The Hall–Kier alpha value is -2.05. The zero-order chi connectivity index (χ0) is 15.4. The largest absolute Gasteiger partial charge is 0.288 e. The highest BCUT2D eigenvalue weighted by atomic mass is 35.5. The molecule has 0 radical (unpaired) electrons. The molecule has 2 aromatic rings. The number of carbonyl (C=O) groups excluding carboxylic acids is 1. The van der Waals surface area contributed by atoms with E-state index in [0.29, 0.717) is 21.2 Å². The van der Waals surface area contributed by atoms with Crippen molar-refractivity contribution in [3.63, 3.8) is 0 Å². The smallest absolute Gasteiger partial charge is 0.238 e. The lowest BCUT2D eigenvalue weighted by Crippen LogP contribution is -2.02. The molecule has 1 heterocycles. The van der Waals surface area contributed by atoms with Crippen LogP contribution < -0.4 is 0 Å². The van der Waals surface area contributed by atoms with E-state index in [9.17, 15) is 14.9 Å². The molecule has 7 heteroatoms. The standard InChI is InChI=1S/C14H11ClN2O3S/c1-9-8-11(14(21-9)16-6-7-17(19)20)13(18)10-4-2-3-5-12(10)15/h2-6,8H,7H2,1H3. The van der Waals surface area contributed by atoms with Gasteiger partial charge in [0.05, 0.1) is 16.8 Å². The highest BCUT2D eigenvalue weighted by Crippen LogP contribution is 2.33. The van der Waals surface area contributed by atoms with Crippen LogP contribution in [-0.2, 0) is 0 Å². The number of rotatable bonds is 5. The van der Waals surface area contributed by atoms with Crippen molar-refractivity contribution >= 4 is 39.9 Å². The molecule has 0 spiro atoms. The lowest BCUT2D eigenvalue weighted by atomic mass is 10.1. The van der Waals surface area contributed by atoms with Crippen LogP contribution in [0.4, 0.5) is 5.00 Å². The van der Waals surface area contributed by atoms with Gasteiger partial charge >= 0.3 is 0 Å². The predicted molar refractivity (Wildman–Crippen MR) is 84.0 cm³/mol. The molecule has 0 bridgehead atoms. The van der Waals surface area contributed by atoms with E-state index in [1.807, 2.05) is 6.92 Å². The molecule has 0 unspecified atom stereocenters. The van der Waals surface area contributed by atoms with E-state index < -0.39 is 4.92 Å². The van der Waals surface area contributed by atoms with Gasteiger partial charge in [0.1, 0.15) is 5.00 Å². The number of carbonyl (C=O) groups is 1. The van der Waals surface area contributed by atoms with E-state index in [1.54, 1.807) is 30.3 Å². The number of hydrogen-bond acceptors (Lipinski definition) is 5. The van der Waals surface area contributed by atoms with Crippen molar-refractivity contribution < 1.29 is 9.72 Å². The number of halogens is 1. The van der Waals surface area contributed by atoms with Crippen molar-refractivity contribution in [1.29, 1.82) is 0 Å². The zero-order valence-electron chi connectivity index (χ0n) is 11.1. The van der Waals surface area contributed by atoms with Gasteiger partial charge < -0.3 is 0 Å². The minimum Gasteiger partial charge on any atom is -0.288 e. The van der Waals surface area contributed by atoms with E-state index >= 15 is 0 Å². The minimum absolute atomic E-state index is 0.238. The summed E-state index contributed by atoms with van der Waals surface area (Å²) in [6.07, 6.45) is 1.19. The third-order valence-corrected chi connectivity index (χ3v) is 3.93. The molecule has 0 aliphatic heterocycles. The maximum absolute atomic E-state index is 12.5. The lowest BCUT2D eigenvalue weighted by molar-refractivity contribution is -0.462. The summed E-state index contributed by atoms with van der Waals surface area (Å²) in [4.78, 5) is 27.3. The normalized spacial score (nSPS) is 11.0. The second kappa shape index (κ2) is 6.60. The van der Waals surface area contributed by atoms with Gasteiger partial charge in [-0.15, -0.1) is 11.3 Å². The number of thiophene rings is 1. The number of nitro groups is 1. The van der Waals surface area contributed by atoms with Gasteiger partial charge in [0.25, 0.3) is 0 Å². The van der Waals surface area contributed by atoms with Gasteiger partial charge in [0, 0.05) is 15.4 Å². The van der Waals surface area contributed by atoms with Crippen molar-refractivity contribution in [2.45, 2.75) is 6.92 Å². The summed E-state index contributed by atoms with van der Waals surface area (Å²) in [5, 5.41) is 11.1. The first-order valence-corrected chi connectivity index (χ1v) is 7.22. The molecule has 1 aromatic carbocycles. The molecular formula is C14H11ClN2O3S. The first-order valence-electron chi connectivity index (χ1n) is 6.03. The van der Waals surface area contributed by atoms with E-state index in [4.69, 9.17) is 11.6 Å². The van der Waals surface area contributed by atoms with Crippen molar-refractivity contribution in [2.75, 3.05) is 6.54 Å². The first-order chi connectivity index (χ1) is 9.99. The zero-order valence-corrected chi connectivity index (χ0v) is 12.6. The molecule has 0 fully saturated rings. The Bertz CT molecular complexity index is 725. The van der Waals surface area contributed by atoms with Crippen LogP contribution in [0.25, 0.3) is 0 Å². The highest BCUT2D eigenvalue weighted by molar-refractivity contribution is 7.16. The summed E-state index contributed by atoms with van der Waals surface area (Å²) in [7, 11) is 0. The second-order valence-corrected chi connectivity index (χ2v) is 5.85. The maximum Gasteiger partial charge on any atom is 0.238 e. The Morgan fingerprint density at radius 1 is 1.43 bits per heavy atom. The number of ketones is 1. The molecule has 0 N–H and O–H groups in total. The van der Waals surface area contributed by atoms with E-state index in [2.05, 4.69) is 4.99 Å². The van der Waals surface area contributed by atoms with Gasteiger partial charge in [-0.05, 0) is 25.1 Å². The van der Waals surface area contributed by atoms with Crippen LogP contribution >= 0.6 is 22.9 Å². The Balaban J connectivity index is 2.36. The highest BCUT2D eigenvalue weighted by Gasteiger charge is 2.18. The monoisotopic (exact) mass is 322 g/mol. The van der Waals surface area contributed by atoms with Gasteiger partial charge in [-0.1, -0.05) is 23.7 Å². The molecule has 21 heavy (non-hydrogen) atoms. The summed E-state index contributed by atoms with van der Waals surface area (Å²) in [6.45, 7) is 1.47. The molecule has 0 aliphatic rings. The van der Waals surface area contributed by atoms with Gasteiger partial charge in [-0.25, -0.2) is 4.99 Å². The number of nitrogens with zero attached hydrogens (tertiary/aromatic N) is 2. The average Bonchev–Trinajstić information content (AvgIpc) is 2.79. The van der Waals surface area contributed by atoms with E-state index in [1.165, 1.54) is 17.6 Å². The molecule has 108 valence electrons. The topological polar surface area (TPSA) is 72.6 Å². The van der Waals surface area contributed by atoms with Crippen LogP contribution in [0.1, 0.15) is 20.8 Å². The fraction of sp³-hybridized carbons (Fsp3) is 0.143. The van der Waals surface area contributed by atoms with E-state index in [-0.39, 0.29) is 12.3 Å². The van der Waals surface area contributed by atoms with Crippen LogP contribution in [-0.4, -0.2) is 23.5 Å². The first kappa shape index (κ1) is 15.3. The average molecular weight is 323 g/mol. The Morgan fingerprint density at radius 2 is 2.14 bits per heavy atom. The van der Waals surface area contributed by atoms with E-state index in [0.717, 1.165) is 4.88 Å². The Morgan fingerprint density at radius 3 is 2.81 bits per heavy atom. The quantitative estimate of drug-likeness (QED) is 0.362. The molecule has 0 amide bonds. The van der Waals surface area contributed by atoms with Crippen molar-refractivity contribution in [3.05, 3.63) is 61.5 Å². The molecular weight excluding hydrogens is 312 g/mol. The molecule has 0 atom stereocenters. The Labute approximate surface area is 130 Å². The van der Waals surface area contributed by atoms with Crippen LogP contribution in [0.5, 0.6) is 0 Å². The van der Waals surface area contributed by atoms with Crippen LogP contribution in [0.2, 0.25) is 5.02 Å². The van der Waals surface area contributed by atoms with Crippen molar-refractivity contribution in [2.24, 2.45) is 4.99 Å². The number of aryl methyl sites for hydroxylation is 1. The van der Waals surface area contributed by atoms with Gasteiger partial charge in [0.2, 0.25) is 6.54 Å². The summed E-state index contributed by atoms with van der Waals surface area (Å²) >= 11 is 7.34. The summed E-state index contributed by atoms with van der Waals surface area (Å²) in [5.41, 5.74) is 0.799. The third kappa shape index (κ3) is 3.74. The fourth-order valence-corrected chi connectivity index (χ4v) is 2.83. The number of benzene rings is 1. The lowest BCUT2D eigenvalue weighted by Gasteiger charge is -2.02. The summed E-state index contributed by atoms with van der Waals surface area (Å²) in [5.74, 6) is -0.238. The number of aliphatic imine (C=N–C) groups is 1. The minimum atomic E-state index is -0.487. The predicted octanol–water partition coefficient (Wildman–Crippen LogP) is 3.92. The van der Waals surface area contributed by atoms with Gasteiger partial charge in [0.15, 0.2) is 5.78 Å². The van der Waals surface area contributed by atoms with Crippen LogP contribution in [0.3, 0.4) is 0 Å². The van der Waals surface area contributed by atoms with Crippen molar-refractivity contribution in [1.82, 2.24) is 0 Å². The van der Waals surface area contributed by atoms with Crippen LogP contribution in [0.15, 0.2) is 35.3 Å². The molecule has 0 saturated carbocycles. The molecule has 0 saturated heterocycles. The number of hydrogen-bond donors (Lipinski definition) is 0. The molecule has 5 nitrogen and oxygen atoms in total. The molecule has 0 aliphatic carbocycles. The van der Waals surface area contributed by atoms with Crippen LogP contribution in [0, 0.1) is 17.0 Å². The van der Waals surface area contributed by atoms with Gasteiger partial charge in [-0.3, -0.25) is 14.9 Å². The maximum atomic E-state index is 12.5. The van der Waals surface area contributed by atoms with Crippen molar-refractivity contribution in [3.8, 4) is 0 Å². The third-order valence-electron chi connectivity index (χ3n) is 2.64. The molecule has 1 aromatic heterocycles. The molecule has 2 rings (SSSR count). The summed E-state index contributed by atoms with van der Waals surface area (Å²) in [6, 6.07) is 8.48. The van der Waals surface area contributed by atoms with Gasteiger partial charge in [-0.2, -0.15) is 0 Å².